The van der Waals surface area contributed by atoms with Crippen LogP contribution in [0.15, 0.2) is 111 Å². The summed E-state index contributed by atoms with van der Waals surface area (Å²) in [4.78, 5) is 13.2. The molecular weight excluding hydrogens is 652 g/mol. The molecule has 1 N–H and O–H groups in total. The topological polar surface area (TPSA) is 130 Å². The van der Waals surface area contributed by atoms with Gasteiger partial charge in [0.25, 0.3) is 5.89 Å². The molecule has 0 amide bonds. The molecular formula is C34H25BrN6O5. The average Bonchev–Trinajstić information content (AvgIpc) is 3.79. The van der Waals surface area contributed by atoms with E-state index in [0.29, 0.717) is 46.2 Å². The van der Waals surface area contributed by atoms with Gasteiger partial charge in [0.2, 0.25) is 5.82 Å². The van der Waals surface area contributed by atoms with Crippen molar-refractivity contribution in [3.8, 4) is 51.3 Å². The highest BCUT2D eigenvalue weighted by molar-refractivity contribution is 9.10. The number of fused-ring (bicyclic) bond motifs is 1. The lowest BCUT2D eigenvalue weighted by Crippen LogP contribution is -1.98. The van der Waals surface area contributed by atoms with Crippen LogP contribution in [-0.2, 0) is 6.61 Å². The fourth-order valence-corrected chi connectivity index (χ4v) is 5.04. The van der Waals surface area contributed by atoms with Crippen molar-refractivity contribution in [1.29, 1.82) is 0 Å². The summed E-state index contributed by atoms with van der Waals surface area (Å²) in [7, 11) is 3.19. The minimum Gasteiger partial charge on any atom is -0.493 e. The van der Waals surface area contributed by atoms with Crippen molar-refractivity contribution in [3.05, 3.63) is 108 Å². The van der Waals surface area contributed by atoms with Gasteiger partial charge in [-0.1, -0.05) is 26.2 Å². The lowest BCUT2D eigenvalue weighted by atomic mass is 10.1. The van der Waals surface area contributed by atoms with Crippen molar-refractivity contribution in [1.82, 2.24) is 25.3 Å². The van der Waals surface area contributed by atoms with Crippen molar-refractivity contribution in [2.75, 3.05) is 19.5 Å². The van der Waals surface area contributed by atoms with Gasteiger partial charge in [0.05, 0.1) is 19.7 Å². The van der Waals surface area contributed by atoms with E-state index in [1.807, 2.05) is 91.0 Å². The van der Waals surface area contributed by atoms with Crippen LogP contribution in [-0.4, -0.2) is 39.5 Å². The van der Waals surface area contributed by atoms with Gasteiger partial charge in [-0.2, -0.15) is 4.98 Å². The molecule has 0 bridgehead atoms. The van der Waals surface area contributed by atoms with Crippen LogP contribution in [0.4, 0.5) is 11.5 Å². The first-order chi connectivity index (χ1) is 22.6. The van der Waals surface area contributed by atoms with Crippen LogP contribution in [0.5, 0.6) is 17.2 Å². The van der Waals surface area contributed by atoms with Gasteiger partial charge in [-0.25, -0.2) is 9.97 Å². The molecule has 0 spiro atoms. The average molecular weight is 678 g/mol. The van der Waals surface area contributed by atoms with Gasteiger partial charge in [-0.05, 0) is 78.9 Å². The molecule has 46 heavy (non-hydrogen) atoms. The molecule has 3 heterocycles. The van der Waals surface area contributed by atoms with Crippen LogP contribution in [0.3, 0.4) is 0 Å². The zero-order chi connectivity index (χ0) is 31.5. The third-order valence-corrected chi connectivity index (χ3v) is 7.69. The summed E-state index contributed by atoms with van der Waals surface area (Å²) >= 11 is 3.42. The number of aromatic nitrogens is 5. The SMILES string of the molecule is COc1cc2ncnc(Nc3ccc(-c4cc(-c5ccc(OCc6noc(-c7ccc(Br)cc7)n6)cc5)no4)cc3)c2cc1OC. The van der Waals surface area contributed by atoms with Gasteiger partial charge in [0.1, 0.15) is 23.6 Å². The second-order valence-corrected chi connectivity index (χ2v) is 11.0. The predicted octanol–water partition coefficient (Wildman–Crippen LogP) is 8.10. The Morgan fingerprint density at radius 3 is 2.22 bits per heavy atom. The van der Waals surface area contributed by atoms with E-state index < -0.39 is 0 Å². The Morgan fingerprint density at radius 2 is 1.46 bits per heavy atom. The summed E-state index contributed by atoms with van der Waals surface area (Å²) in [6, 6.07) is 28.6. The number of halogens is 1. The Morgan fingerprint density at radius 1 is 0.739 bits per heavy atom. The maximum absolute atomic E-state index is 5.86. The lowest BCUT2D eigenvalue weighted by molar-refractivity contribution is 0.287. The molecule has 11 nitrogen and oxygen atoms in total. The van der Waals surface area contributed by atoms with Crippen molar-refractivity contribution in [3.63, 3.8) is 0 Å². The predicted molar refractivity (Wildman–Crippen MR) is 175 cm³/mol. The lowest BCUT2D eigenvalue weighted by Gasteiger charge is -2.12. The highest BCUT2D eigenvalue weighted by Crippen LogP contribution is 2.35. The molecule has 7 aromatic rings. The summed E-state index contributed by atoms with van der Waals surface area (Å²) in [5, 5.41) is 12.5. The molecule has 4 aromatic carbocycles. The first-order valence-electron chi connectivity index (χ1n) is 14.1. The smallest absolute Gasteiger partial charge is 0.258 e. The largest absolute Gasteiger partial charge is 0.493 e. The first-order valence-corrected chi connectivity index (χ1v) is 14.9. The molecule has 0 aliphatic rings. The summed E-state index contributed by atoms with van der Waals surface area (Å²) in [5.74, 6) is 4.06. The Hall–Kier alpha value is -5.75. The molecule has 0 saturated heterocycles. The summed E-state index contributed by atoms with van der Waals surface area (Å²) < 4.78 is 28.7. The number of benzene rings is 4. The fraction of sp³-hybridized carbons (Fsp3) is 0.0882. The monoisotopic (exact) mass is 676 g/mol. The van der Waals surface area contributed by atoms with Crippen molar-refractivity contribution in [2.45, 2.75) is 6.61 Å². The summed E-state index contributed by atoms with van der Waals surface area (Å²) in [6.45, 7) is 0.175. The van der Waals surface area contributed by atoms with Gasteiger partial charge in [0.15, 0.2) is 23.9 Å². The molecule has 0 atom stereocenters. The fourth-order valence-electron chi connectivity index (χ4n) is 4.78. The molecule has 0 fully saturated rings. The van der Waals surface area contributed by atoms with Crippen LogP contribution in [0.2, 0.25) is 0 Å². The van der Waals surface area contributed by atoms with E-state index in [9.17, 15) is 0 Å². The van der Waals surface area contributed by atoms with E-state index in [1.165, 1.54) is 6.33 Å². The van der Waals surface area contributed by atoms with Gasteiger partial charge < -0.3 is 28.6 Å². The van der Waals surface area contributed by atoms with Crippen molar-refractivity contribution in [2.24, 2.45) is 0 Å². The standard InChI is InChI=1S/C34H25BrN6O5/c1-42-30-15-26-28(17-31(30)43-2)36-19-37-33(26)38-24-11-5-21(6-12-24)29-16-27(40-45-29)20-7-13-25(14-8-20)44-18-32-39-34(46-41-32)22-3-9-23(35)10-4-22/h3-17,19H,18H2,1-2H3,(H,36,37,38). The minimum absolute atomic E-state index is 0.175. The summed E-state index contributed by atoms with van der Waals surface area (Å²) in [5.41, 5.74) is 4.90. The molecule has 12 heteroatoms. The Balaban J connectivity index is 0.994. The molecule has 3 aromatic heterocycles. The van der Waals surface area contributed by atoms with E-state index in [1.54, 1.807) is 14.2 Å². The molecule has 7 rings (SSSR count). The highest BCUT2D eigenvalue weighted by Gasteiger charge is 2.13. The van der Waals surface area contributed by atoms with Gasteiger partial charge >= 0.3 is 0 Å². The van der Waals surface area contributed by atoms with Crippen LogP contribution in [0.1, 0.15) is 5.82 Å². The zero-order valence-corrected chi connectivity index (χ0v) is 26.2. The van der Waals surface area contributed by atoms with E-state index in [2.05, 4.69) is 46.5 Å². The number of methoxy groups -OCH3 is 2. The van der Waals surface area contributed by atoms with Crippen molar-refractivity contribution < 1.29 is 23.3 Å². The number of nitrogens with one attached hydrogen (secondary N) is 1. The molecule has 0 unspecified atom stereocenters. The molecule has 0 radical (unpaired) electrons. The van der Waals surface area contributed by atoms with Gasteiger partial charge in [-0.15, -0.1) is 0 Å². The Bertz CT molecular complexity index is 2110. The number of ether oxygens (including phenoxy) is 3. The number of hydrogen-bond acceptors (Lipinski definition) is 11. The number of anilines is 2. The number of rotatable bonds is 10. The van der Waals surface area contributed by atoms with Gasteiger partial charge in [0, 0.05) is 44.4 Å². The maximum atomic E-state index is 5.86. The minimum atomic E-state index is 0.175. The quantitative estimate of drug-likeness (QED) is 0.151. The Labute approximate surface area is 271 Å². The molecule has 0 aliphatic heterocycles. The third-order valence-electron chi connectivity index (χ3n) is 7.16. The second kappa shape index (κ2) is 12.7. The van der Waals surface area contributed by atoms with E-state index in [-0.39, 0.29) is 6.61 Å². The van der Waals surface area contributed by atoms with Crippen molar-refractivity contribution >= 4 is 38.3 Å². The van der Waals surface area contributed by atoms with E-state index in [4.69, 9.17) is 23.3 Å². The van der Waals surface area contributed by atoms with Gasteiger partial charge in [-0.3, -0.25) is 0 Å². The first kappa shape index (κ1) is 29.0. The van der Waals surface area contributed by atoms with Crippen LogP contribution in [0.25, 0.3) is 44.9 Å². The highest BCUT2D eigenvalue weighted by atomic mass is 79.9. The summed E-state index contributed by atoms with van der Waals surface area (Å²) in [6.07, 6.45) is 1.51. The normalized spacial score (nSPS) is 11.0. The van der Waals surface area contributed by atoms with Crippen LogP contribution >= 0.6 is 15.9 Å². The molecule has 228 valence electrons. The second-order valence-electron chi connectivity index (χ2n) is 10.1. The number of hydrogen-bond donors (Lipinski definition) is 1. The molecule has 0 aliphatic carbocycles. The zero-order valence-electron chi connectivity index (χ0n) is 24.6. The number of nitrogens with zero attached hydrogens (tertiary/aromatic N) is 5. The van der Waals surface area contributed by atoms with Crippen LogP contribution < -0.4 is 19.5 Å². The van der Waals surface area contributed by atoms with E-state index in [0.717, 1.165) is 37.8 Å². The third kappa shape index (κ3) is 6.10. The maximum Gasteiger partial charge on any atom is 0.258 e. The van der Waals surface area contributed by atoms with Crippen LogP contribution in [0, 0.1) is 0 Å². The Kier molecular flexibility index (Phi) is 8.00. The molecule has 0 saturated carbocycles. The van der Waals surface area contributed by atoms with E-state index >= 15 is 0 Å².